The number of aliphatic hydroxyl groups is 1. The van der Waals surface area contributed by atoms with Gasteiger partial charge in [-0.15, -0.1) is 0 Å². The molecule has 1 unspecified atom stereocenters. The van der Waals surface area contributed by atoms with Crippen LogP contribution in [0.5, 0.6) is 5.75 Å². The Kier molecular flexibility index (Phi) is 9.97. The normalized spacial score (nSPS) is 26.7. The minimum absolute atomic E-state index is 0.103. The minimum atomic E-state index is -3.94. The molecule has 222 valence electrons. The first-order valence-electron chi connectivity index (χ1n) is 14.6. The summed E-state index contributed by atoms with van der Waals surface area (Å²) in [6.45, 7) is 1.19. The Morgan fingerprint density at radius 1 is 1.10 bits per heavy atom. The van der Waals surface area contributed by atoms with E-state index in [0.29, 0.717) is 37.5 Å². The van der Waals surface area contributed by atoms with Crippen molar-refractivity contribution in [3.63, 3.8) is 0 Å². The third kappa shape index (κ3) is 7.88. The number of allylic oxidation sites excluding steroid dienone is 1. The molecular weight excluding hydrogens is 544 g/mol. The number of hydrogen-bond donors (Lipinski definition) is 2. The van der Waals surface area contributed by atoms with Crippen molar-refractivity contribution in [1.82, 2.24) is 9.62 Å². The summed E-state index contributed by atoms with van der Waals surface area (Å²) in [5.74, 6) is 0.879. The third-order valence-electron chi connectivity index (χ3n) is 8.12. The van der Waals surface area contributed by atoms with Crippen LogP contribution in [0.3, 0.4) is 0 Å². The second-order valence-corrected chi connectivity index (χ2v) is 13.0. The summed E-state index contributed by atoms with van der Waals surface area (Å²) in [6.07, 6.45) is 7.05. The second kappa shape index (κ2) is 13.8. The van der Waals surface area contributed by atoms with Crippen molar-refractivity contribution < 1.29 is 32.5 Å². The number of carbonyl (C=O) groups excluding carboxylic acids is 1. The number of fused-ring (bicyclic) bond motifs is 3. The number of benzene rings is 2. The number of alkyl carbamates (subject to hydrolysis) is 1. The van der Waals surface area contributed by atoms with Crippen molar-refractivity contribution in [1.29, 1.82) is 0 Å². The van der Waals surface area contributed by atoms with Crippen molar-refractivity contribution in [2.45, 2.75) is 74.2 Å². The molecular formula is C31H40N2O7S. The monoisotopic (exact) mass is 584 g/mol. The zero-order valence-electron chi connectivity index (χ0n) is 23.3. The van der Waals surface area contributed by atoms with Gasteiger partial charge in [-0.3, -0.25) is 0 Å². The van der Waals surface area contributed by atoms with E-state index in [1.807, 2.05) is 42.5 Å². The molecule has 9 nitrogen and oxygen atoms in total. The van der Waals surface area contributed by atoms with Crippen LogP contribution < -0.4 is 10.1 Å². The Morgan fingerprint density at radius 3 is 2.78 bits per heavy atom. The lowest BCUT2D eigenvalue weighted by Gasteiger charge is -2.30. The van der Waals surface area contributed by atoms with Crippen LogP contribution in [0, 0.1) is 5.92 Å². The Bertz CT molecular complexity index is 1270. The number of amides is 1. The van der Waals surface area contributed by atoms with Crippen molar-refractivity contribution in [3.05, 3.63) is 72.3 Å². The molecule has 0 radical (unpaired) electrons. The van der Waals surface area contributed by atoms with Crippen LogP contribution in [0.1, 0.15) is 44.1 Å². The van der Waals surface area contributed by atoms with Crippen LogP contribution >= 0.6 is 0 Å². The van der Waals surface area contributed by atoms with Gasteiger partial charge in [0.25, 0.3) is 0 Å². The first-order valence-corrected chi connectivity index (χ1v) is 16.0. The van der Waals surface area contributed by atoms with E-state index >= 15 is 0 Å². The maximum Gasteiger partial charge on any atom is 0.407 e. The predicted octanol–water partition coefficient (Wildman–Crippen LogP) is 4.06. The minimum Gasteiger partial charge on any atom is -0.490 e. The fourth-order valence-corrected chi connectivity index (χ4v) is 7.43. The van der Waals surface area contributed by atoms with E-state index in [0.717, 1.165) is 37.9 Å². The van der Waals surface area contributed by atoms with Gasteiger partial charge >= 0.3 is 6.09 Å². The van der Waals surface area contributed by atoms with Gasteiger partial charge in [0.1, 0.15) is 18.5 Å². The number of nitrogens with one attached hydrogen (secondary N) is 1. The molecule has 2 heterocycles. The van der Waals surface area contributed by atoms with E-state index in [1.165, 1.54) is 16.4 Å². The molecule has 5 rings (SSSR count). The van der Waals surface area contributed by atoms with Gasteiger partial charge < -0.3 is 24.6 Å². The molecule has 1 saturated heterocycles. The summed E-state index contributed by atoms with van der Waals surface area (Å²) in [5.41, 5.74) is 0.907. The van der Waals surface area contributed by atoms with Crippen LogP contribution in [0.15, 0.2) is 71.6 Å². The zero-order chi connectivity index (χ0) is 28.7. The standard InChI is InChI=1S/C31H40N2O7S/c34-29(22-33-15-7-2-1-3-8-16-38-25-12-9-13-27(20-25)41(33,36)37)28(18-23-10-5-4-6-11-23)32-31(35)40-26-19-24-14-17-39-30(24)21-26/h3-6,8-13,20,24,26,28-30,34H,1-2,7,14-19,21-22H2,(H,32,35)/b8-3-/t24?,26-,28+,29-,30-/m1/s1. The Labute approximate surface area is 242 Å². The molecule has 41 heavy (non-hydrogen) atoms. The molecule has 5 atom stereocenters. The quantitative estimate of drug-likeness (QED) is 0.472. The number of sulfonamides is 1. The van der Waals surface area contributed by atoms with Crippen LogP contribution in [0.2, 0.25) is 0 Å². The third-order valence-corrected chi connectivity index (χ3v) is 9.98. The average Bonchev–Trinajstić information content (AvgIpc) is 3.55. The molecule has 2 bridgehead atoms. The number of carbonyl (C=O) groups is 1. The Morgan fingerprint density at radius 2 is 1.95 bits per heavy atom. The molecule has 3 aliphatic rings. The molecule has 1 saturated carbocycles. The van der Waals surface area contributed by atoms with Crippen LogP contribution in [0.25, 0.3) is 0 Å². The number of ether oxygens (including phenoxy) is 3. The lowest BCUT2D eigenvalue weighted by Crippen LogP contribution is -2.51. The Balaban J connectivity index is 1.32. The number of aliphatic hydroxyl groups excluding tert-OH is 1. The highest BCUT2D eigenvalue weighted by atomic mass is 32.2. The molecule has 2 aromatic carbocycles. The average molecular weight is 585 g/mol. The van der Waals surface area contributed by atoms with E-state index in [9.17, 15) is 18.3 Å². The van der Waals surface area contributed by atoms with Gasteiger partial charge in [-0.2, -0.15) is 4.31 Å². The fraction of sp³-hybridized carbons (Fsp3) is 0.516. The van der Waals surface area contributed by atoms with Gasteiger partial charge in [0.2, 0.25) is 10.0 Å². The molecule has 2 N–H and O–H groups in total. The van der Waals surface area contributed by atoms with Crippen molar-refractivity contribution in [2.24, 2.45) is 5.92 Å². The van der Waals surface area contributed by atoms with E-state index in [1.54, 1.807) is 12.1 Å². The summed E-state index contributed by atoms with van der Waals surface area (Å²) in [6, 6.07) is 15.2. The molecule has 2 aromatic rings. The van der Waals surface area contributed by atoms with Gasteiger partial charge in [-0.05, 0) is 62.1 Å². The van der Waals surface area contributed by atoms with Gasteiger partial charge in [0, 0.05) is 32.2 Å². The number of nitrogens with zero attached hydrogens (tertiary/aromatic N) is 1. The Hall–Kier alpha value is -2.92. The van der Waals surface area contributed by atoms with Crippen molar-refractivity contribution in [2.75, 3.05) is 26.3 Å². The summed E-state index contributed by atoms with van der Waals surface area (Å²) < 4.78 is 46.1. The number of β-amino-alcohol motifs (C(OH)–C–C–N with tert-alkyl or cyclic N) is 1. The SMILES string of the molecule is O=C(N[C@@H](Cc1ccccc1)[C@H](O)CN1CCCC/C=C\COc2cccc(c2)S1(=O)=O)O[C@@H]1CC2CCO[C@@H]2C1. The van der Waals surface area contributed by atoms with Crippen LogP contribution in [-0.2, 0) is 25.9 Å². The lowest BCUT2D eigenvalue weighted by atomic mass is 10.0. The maximum absolute atomic E-state index is 13.8. The van der Waals surface area contributed by atoms with Gasteiger partial charge in [0.15, 0.2) is 0 Å². The van der Waals surface area contributed by atoms with Gasteiger partial charge in [-0.25, -0.2) is 13.2 Å². The molecule has 1 aliphatic carbocycles. The maximum atomic E-state index is 13.8. The van der Waals surface area contributed by atoms with Crippen molar-refractivity contribution in [3.8, 4) is 5.75 Å². The lowest BCUT2D eigenvalue weighted by molar-refractivity contribution is 0.0557. The van der Waals surface area contributed by atoms with E-state index in [4.69, 9.17) is 14.2 Å². The highest BCUT2D eigenvalue weighted by Gasteiger charge is 2.40. The predicted molar refractivity (Wildman–Crippen MR) is 154 cm³/mol. The first kappa shape index (κ1) is 29.6. The fourth-order valence-electron chi connectivity index (χ4n) is 5.90. The van der Waals surface area contributed by atoms with Crippen LogP contribution in [-0.4, -0.2) is 74.6 Å². The van der Waals surface area contributed by atoms with Gasteiger partial charge in [-0.1, -0.05) is 48.6 Å². The molecule has 10 heteroatoms. The summed E-state index contributed by atoms with van der Waals surface area (Å²) in [7, 11) is -3.94. The highest BCUT2D eigenvalue weighted by Crippen LogP contribution is 2.37. The van der Waals surface area contributed by atoms with Crippen LogP contribution in [0.4, 0.5) is 4.79 Å². The van der Waals surface area contributed by atoms with Crippen molar-refractivity contribution >= 4 is 16.1 Å². The molecule has 0 spiro atoms. The molecule has 2 fully saturated rings. The summed E-state index contributed by atoms with van der Waals surface area (Å²) in [4.78, 5) is 13.1. The second-order valence-electron chi connectivity index (χ2n) is 11.1. The first-order chi connectivity index (χ1) is 19.9. The van der Waals surface area contributed by atoms with E-state index < -0.39 is 28.3 Å². The largest absolute Gasteiger partial charge is 0.490 e. The number of hydrogen-bond acceptors (Lipinski definition) is 7. The van der Waals surface area contributed by atoms with E-state index in [-0.39, 0.29) is 30.2 Å². The van der Waals surface area contributed by atoms with E-state index in [2.05, 4.69) is 5.32 Å². The van der Waals surface area contributed by atoms with Gasteiger partial charge in [0.05, 0.1) is 23.1 Å². The topological polar surface area (TPSA) is 114 Å². The summed E-state index contributed by atoms with van der Waals surface area (Å²) >= 11 is 0. The molecule has 1 amide bonds. The zero-order valence-corrected chi connectivity index (χ0v) is 24.1. The molecule has 0 aromatic heterocycles. The summed E-state index contributed by atoms with van der Waals surface area (Å²) in [5, 5.41) is 14.3. The smallest absolute Gasteiger partial charge is 0.407 e. The molecule has 2 aliphatic heterocycles. The highest BCUT2D eigenvalue weighted by molar-refractivity contribution is 7.89. The number of rotatable bonds is 7.